The van der Waals surface area contributed by atoms with E-state index in [1.807, 2.05) is 4.90 Å². The molecule has 2 aromatic carbocycles. The molecule has 2 aliphatic heterocycles. The van der Waals surface area contributed by atoms with Gasteiger partial charge in [-0.2, -0.15) is 4.31 Å². The molecule has 3 aromatic rings. The number of hydrogen-bond acceptors (Lipinski definition) is 6. The fraction of sp³-hybridized carbons (Fsp3) is 0.440. The maximum absolute atomic E-state index is 13.1. The van der Waals surface area contributed by atoms with Gasteiger partial charge < -0.3 is 9.80 Å². The van der Waals surface area contributed by atoms with Crippen LogP contribution in [0, 0.1) is 13.8 Å². The molecule has 0 aliphatic carbocycles. The summed E-state index contributed by atoms with van der Waals surface area (Å²) in [5.41, 5.74) is 4.02. The number of aromatic nitrogens is 1. The van der Waals surface area contributed by atoms with Gasteiger partial charge in [0.1, 0.15) is 0 Å². The number of anilines is 1. The van der Waals surface area contributed by atoms with Crippen molar-refractivity contribution in [3.8, 4) is 0 Å². The molecule has 7 nitrogen and oxygen atoms in total. The Morgan fingerprint density at radius 3 is 2.26 bits per heavy atom. The molecular formula is C25H30N4O3S2. The first kappa shape index (κ1) is 23.3. The zero-order valence-corrected chi connectivity index (χ0v) is 21.3. The van der Waals surface area contributed by atoms with Crippen molar-refractivity contribution in [1.29, 1.82) is 0 Å². The molecule has 0 unspecified atom stereocenters. The Kier molecular flexibility index (Phi) is 6.35. The SMILES string of the molecule is Cc1cc(C)c2nc(N3CCN(C(=O)c4ccc(S(=O)(=O)N5CCCCC5)cc4)CC3)sc2c1. The van der Waals surface area contributed by atoms with Gasteiger partial charge in [0, 0.05) is 44.8 Å². The van der Waals surface area contributed by atoms with Gasteiger partial charge in [0.15, 0.2) is 5.13 Å². The second-order valence-electron chi connectivity index (χ2n) is 9.19. The summed E-state index contributed by atoms with van der Waals surface area (Å²) in [6.45, 7) is 8.02. The minimum absolute atomic E-state index is 0.0580. The molecule has 2 fully saturated rings. The molecule has 0 saturated carbocycles. The first-order valence-electron chi connectivity index (χ1n) is 11.9. The van der Waals surface area contributed by atoms with Crippen LogP contribution in [-0.4, -0.2) is 67.8 Å². The van der Waals surface area contributed by atoms with Crippen LogP contribution in [0.5, 0.6) is 0 Å². The highest BCUT2D eigenvalue weighted by Gasteiger charge is 2.27. The van der Waals surface area contributed by atoms with Gasteiger partial charge in [0.05, 0.1) is 15.1 Å². The number of carbonyl (C=O) groups excluding carboxylic acids is 1. The van der Waals surface area contributed by atoms with E-state index in [2.05, 4.69) is 30.9 Å². The number of sulfonamides is 1. The number of aryl methyl sites for hydroxylation is 2. The van der Waals surface area contributed by atoms with Crippen LogP contribution in [0.2, 0.25) is 0 Å². The zero-order valence-electron chi connectivity index (χ0n) is 19.7. The van der Waals surface area contributed by atoms with E-state index in [1.54, 1.807) is 39.9 Å². The molecule has 0 radical (unpaired) electrons. The number of hydrogen-bond donors (Lipinski definition) is 0. The van der Waals surface area contributed by atoms with E-state index in [9.17, 15) is 13.2 Å². The highest BCUT2D eigenvalue weighted by Crippen LogP contribution is 2.32. The van der Waals surface area contributed by atoms with Gasteiger partial charge in [0.25, 0.3) is 5.91 Å². The predicted molar refractivity (Wildman–Crippen MR) is 136 cm³/mol. The van der Waals surface area contributed by atoms with Crippen molar-refractivity contribution in [3.05, 3.63) is 53.1 Å². The van der Waals surface area contributed by atoms with E-state index in [4.69, 9.17) is 4.98 Å². The Morgan fingerprint density at radius 1 is 0.912 bits per heavy atom. The zero-order chi connectivity index (χ0) is 23.9. The Balaban J connectivity index is 1.24. The van der Waals surface area contributed by atoms with Crippen LogP contribution in [0.1, 0.15) is 40.7 Å². The number of carbonyl (C=O) groups is 1. The summed E-state index contributed by atoms with van der Waals surface area (Å²) in [6.07, 6.45) is 2.88. The molecular weight excluding hydrogens is 468 g/mol. The number of thiazole rings is 1. The van der Waals surface area contributed by atoms with Crippen LogP contribution in [0.25, 0.3) is 10.2 Å². The van der Waals surface area contributed by atoms with Crippen LogP contribution in [-0.2, 0) is 10.0 Å². The molecule has 1 amide bonds. The monoisotopic (exact) mass is 498 g/mol. The van der Waals surface area contributed by atoms with E-state index in [0.717, 1.165) is 43.0 Å². The van der Waals surface area contributed by atoms with Crippen LogP contribution in [0.4, 0.5) is 5.13 Å². The topological polar surface area (TPSA) is 73.8 Å². The first-order chi connectivity index (χ1) is 16.3. The predicted octanol–water partition coefficient (Wildman–Crippen LogP) is 4.05. The number of benzene rings is 2. The van der Waals surface area contributed by atoms with E-state index >= 15 is 0 Å². The standard InChI is InChI=1S/C25H30N4O3S2/c1-18-16-19(2)23-22(17-18)33-25(26-23)28-14-12-27(13-15-28)24(30)20-6-8-21(9-7-20)34(31,32)29-10-4-3-5-11-29/h6-9,16-17H,3-5,10-15H2,1-2H3. The van der Waals surface area contributed by atoms with Crippen molar-refractivity contribution in [2.24, 2.45) is 0 Å². The second-order valence-corrected chi connectivity index (χ2v) is 12.1. The average Bonchev–Trinajstić information content (AvgIpc) is 3.29. The molecule has 2 aliphatic rings. The summed E-state index contributed by atoms with van der Waals surface area (Å²) in [4.78, 5) is 22.3. The summed E-state index contributed by atoms with van der Waals surface area (Å²) in [6, 6.07) is 10.8. The summed E-state index contributed by atoms with van der Waals surface area (Å²) in [5.74, 6) is -0.0580. The fourth-order valence-corrected chi connectivity index (χ4v) is 7.51. The largest absolute Gasteiger partial charge is 0.345 e. The maximum atomic E-state index is 13.1. The van der Waals surface area contributed by atoms with Crippen LogP contribution in [0.3, 0.4) is 0 Å². The lowest BCUT2D eigenvalue weighted by molar-refractivity contribution is 0.0746. The van der Waals surface area contributed by atoms with E-state index in [0.29, 0.717) is 31.7 Å². The summed E-state index contributed by atoms with van der Waals surface area (Å²) >= 11 is 1.70. The number of amides is 1. The van der Waals surface area contributed by atoms with Gasteiger partial charge in [-0.1, -0.05) is 23.8 Å². The molecule has 0 atom stereocenters. The van der Waals surface area contributed by atoms with Crippen molar-refractivity contribution < 1.29 is 13.2 Å². The smallest absolute Gasteiger partial charge is 0.253 e. The third-order valence-corrected chi connectivity index (χ3v) is 9.69. The van der Waals surface area contributed by atoms with Gasteiger partial charge >= 0.3 is 0 Å². The lowest BCUT2D eigenvalue weighted by atomic mass is 10.1. The normalized spacial score (nSPS) is 17.9. The molecule has 0 N–H and O–H groups in total. The van der Waals surface area contributed by atoms with Crippen molar-refractivity contribution in [2.75, 3.05) is 44.2 Å². The van der Waals surface area contributed by atoms with E-state index in [-0.39, 0.29) is 10.8 Å². The molecule has 3 heterocycles. The lowest BCUT2D eigenvalue weighted by Gasteiger charge is -2.34. The molecule has 0 spiro atoms. The molecule has 2 saturated heterocycles. The van der Waals surface area contributed by atoms with Gasteiger partial charge in [-0.25, -0.2) is 13.4 Å². The highest BCUT2D eigenvalue weighted by atomic mass is 32.2. The van der Waals surface area contributed by atoms with Crippen molar-refractivity contribution in [2.45, 2.75) is 38.0 Å². The van der Waals surface area contributed by atoms with Gasteiger partial charge in [-0.15, -0.1) is 0 Å². The lowest BCUT2D eigenvalue weighted by Crippen LogP contribution is -2.48. The molecule has 34 heavy (non-hydrogen) atoms. The third kappa shape index (κ3) is 4.44. The van der Waals surface area contributed by atoms with Crippen LogP contribution < -0.4 is 4.90 Å². The Morgan fingerprint density at radius 2 is 1.59 bits per heavy atom. The number of nitrogens with zero attached hydrogens (tertiary/aromatic N) is 4. The number of piperazine rings is 1. The van der Waals surface area contributed by atoms with E-state index < -0.39 is 10.0 Å². The minimum Gasteiger partial charge on any atom is -0.345 e. The van der Waals surface area contributed by atoms with Crippen molar-refractivity contribution in [3.63, 3.8) is 0 Å². The van der Waals surface area contributed by atoms with Gasteiger partial charge in [0.2, 0.25) is 10.0 Å². The second kappa shape index (κ2) is 9.28. The van der Waals surface area contributed by atoms with Crippen LogP contribution in [0.15, 0.2) is 41.3 Å². The van der Waals surface area contributed by atoms with Crippen molar-refractivity contribution in [1.82, 2.24) is 14.2 Å². The third-order valence-electron chi connectivity index (χ3n) is 6.71. The maximum Gasteiger partial charge on any atom is 0.253 e. The molecule has 5 rings (SSSR count). The van der Waals surface area contributed by atoms with Gasteiger partial charge in [-0.3, -0.25) is 4.79 Å². The molecule has 1 aromatic heterocycles. The number of fused-ring (bicyclic) bond motifs is 1. The Labute approximate surface area is 205 Å². The first-order valence-corrected chi connectivity index (χ1v) is 14.1. The molecule has 9 heteroatoms. The number of piperidine rings is 1. The van der Waals surface area contributed by atoms with Crippen LogP contribution >= 0.6 is 11.3 Å². The summed E-state index contributed by atoms with van der Waals surface area (Å²) < 4.78 is 28.5. The van der Waals surface area contributed by atoms with Gasteiger partial charge in [-0.05, 0) is 68.1 Å². The van der Waals surface area contributed by atoms with Crippen molar-refractivity contribution >= 4 is 42.6 Å². The number of rotatable bonds is 4. The quantitative estimate of drug-likeness (QED) is 0.543. The Hall–Kier alpha value is -2.49. The summed E-state index contributed by atoms with van der Waals surface area (Å²) in [7, 11) is -3.49. The Bertz CT molecular complexity index is 1300. The van der Waals surface area contributed by atoms with E-state index in [1.165, 1.54) is 15.8 Å². The molecule has 0 bridgehead atoms. The highest BCUT2D eigenvalue weighted by molar-refractivity contribution is 7.89. The average molecular weight is 499 g/mol. The minimum atomic E-state index is -3.49. The fourth-order valence-electron chi connectivity index (χ4n) is 4.80. The summed E-state index contributed by atoms with van der Waals surface area (Å²) in [5, 5.41) is 1.00. The molecule has 180 valence electrons.